The Bertz CT molecular complexity index is 1080. The van der Waals surface area contributed by atoms with Crippen LogP contribution in [0.4, 0.5) is 5.95 Å². The summed E-state index contributed by atoms with van der Waals surface area (Å²) in [5.74, 6) is 1.64. The maximum absolute atomic E-state index is 4.54. The van der Waals surface area contributed by atoms with Crippen LogP contribution in [-0.4, -0.2) is 44.0 Å². The molecule has 1 aliphatic heterocycles. The number of rotatable bonds is 6. The zero-order chi connectivity index (χ0) is 20.9. The number of nitrogens with zero attached hydrogens (tertiary/aromatic N) is 4. The molecule has 0 spiro atoms. The molecule has 31 heavy (non-hydrogen) atoms. The topological polar surface area (TPSA) is 69.7 Å². The Morgan fingerprint density at radius 2 is 1.42 bits per heavy atom. The van der Waals surface area contributed by atoms with Gasteiger partial charge in [0.1, 0.15) is 5.82 Å². The normalized spacial score (nSPS) is 15.1. The van der Waals surface area contributed by atoms with Crippen LogP contribution >= 0.6 is 0 Å². The predicted octanol–water partition coefficient (Wildman–Crippen LogP) is 4.61. The van der Waals surface area contributed by atoms with E-state index in [1.54, 1.807) is 0 Å². The van der Waals surface area contributed by atoms with Crippen molar-refractivity contribution < 1.29 is 0 Å². The van der Waals surface area contributed by atoms with Crippen molar-refractivity contribution in [2.75, 3.05) is 18.4 Å². The van der Waals surface area contributed by atoms with Crippen molar-refractivity contribution >= 4 is 5.95 Å². The van der Waals surface area contributed by atoms with Gasteiger partial charge in [-0.05, 0) is 18.4 Å². The van der Waals surface area contributed by atoms with Gasteiger partial charge in [0.05, 0.1) is 0 Å². The third-order valence-corrected chi connectivity index (χ3v) is 5.75. The van der Waals surface area contributed by atoms with Crippen LogP contribution in [-0.2, 0) is 6.54 Å². The lowest BCUT2D eigenvalue weighted by atomic mass is 10.1. The number of hydrogen-bond donors (Lipinski definition) is 2. The van der Waals surface area contributed by atoms with Crippen LogP contribution in [0.2, 0.25) is 0 Å². The van der Waals surface area contributed by atoms with Gasteiger partial charge in [-0.15, -0.1) is 0 Å². The molecule has 5 rings (SSSR count). The molecule has 2 N–H and O–H groups in total. The van der Waals surface area contributed by atoms with Crippen molar-refractivity contribution in [3.8, 4) is 22.5 Å². The molecular weight excluding hydrogens is 384 g/mol. The number of aromatic amines is 1. The molecule has 2 aromatic heterocycles. The Kier molecular flexibility index (Phi) is 5.71. The third-order valence-electron chi connectivity index (χ3n) is 5.75. The molecule has 0 bridgehead atoms. The summed E-state index contributed by atoms with van der Waals surface area (Å²) in [6.45, 7) is 2.98. The highest BCUT2D eigenvalue weighted by atomic mass is 15.2. The van der Waals surface area contributed by atoms with Gasteiger partial charge in [0.15, 0.2) is 0 Å². The fraction of sp³-hybridized carbons (Fsp3) is 0.240. The fourth-order valence-corrected chi connectivity index (χ4v) is 4.02. The number of benzene rings is 2. The summed E-state index contributed by atoms with van der Waals surface area (Å²) in [6, 6.07) is 20.9. The predicted molar refractivity (Wildman–Crippen MR) is 123 cm³/mol. The van der Waals surface area contributed by atoms with Crippen LogP contribution in [0.5, 0.6) is 0 Å². The van der Waals surface area contributed by atoms with Gasteiger partial charge in [-0.1, -0.05) is 60.7 Å². The molecule has 0 atom stereocenters. The van der Waals surface area contributed by atoms with Gasteiger partial charge in [-0.25, -0.2) is 15.0 Å². The van der Waals surface area contributed by atoms with Gasteiger partial charge in [0.25, 0.3) is 0 Å². The molecule has 0 radical (unpaired) electrons. The van der Waals surface area contributed by atoms with Gasteiger partial charge >= 0.3 is 0 Å². The Morgan fingerprint density at radius 3 is 2.10 bits per heavy atom. The van der Waals surface area contributed by atoms with Gasteiger partial charge < -0.3 is 10.3 Å². The highest BCUT2D eigenvalue weighted by Gasteiger charge is 2.20. The highest BCUT2D eigenvalue weighted by Crippen LogP contribution is 2.20. The molecule has 6 heteroatoms. The molecule has 0 saturated carbocycles. The van der Waals surface area contributed by atoms with E-state index in [9.17, 15) is 0 Å². The van der Waals surface area contributed by atoms with Crippen molar-refractivity contribution in [3.05, 3.63) is 84.9 Å². The summed E-state index contributed by atoms with van der Waals surface area (Å²) in [6.07, 6.45) is 7.88. The van der Waals surface area contributed by atoms with Crippen LogP contribution in [0.3, 0.4) is 0 Å². The maximum atomic E-state index is 4.54. The zero-order valence-electron chi connectivity index (χ0n) is 17.4. The lowest BCUT2D eigenvalue weighted by Gasteiger charge is -2.31. The Labute approximate surface area is 182 Å². The molecule has 0 aliphatic carbocycles. The number of nitrogens with one attached hydrogen (secondary N) is 2. The van der Waals surface area contributed by atoms with E-state index in [-0.39, 0.29) is 0 Å². The summed E-state index contributed by atoms with van der Waals surface area (Å²) in [5.41, 5.74) is 4.45. The second-order valence-electron chi connectivity index (χ2n) is 7.98. The van der Waals surface area contributed by atoms with Gasteiger partial charge in [-0.3, -0.25) is 4.90 Å². The first-order valence-electron chi connectivity index (χ1n) is 10.8. The molecule has 156 valence electrons. The first-order valence-corrected chi connectivity index (χ1v) is 10.8. The molecule has 1 aliphatic rings. The quantitative estimate of drug-likeness (QED) is 0.486. The maximum Gasteiger partial charge on any atom is 0.222 e. The average Bonchev–Trinajstić information content (AvgIpc) is 3.31. The number of likely N-dealkylation sites (tertiary alicyclic amines) is 1. The highest BCUT2D eigenvalue weighted by molar-refractivity contribution is 5.61. The SMILES string of the molecule is c1ccc(-c2cnc(NC3CCN(Cc4cnc(-c5ccccc5)[nH]4)CC3)nc2)cc1. The van der Waals surface area contributed by atoms with E-state index in [0.29, 0.717) is 12.0 Å². The summed E-state index contributed by atoms with van der Waals surface area (Å²) in [4.78, 5) is 19.5. The third kappa shape index (κ3) is 4.81. The molecule has 3 heterocycles. The average molecular weight is 411 g/mol. The first kappa shape index (κ1) is 19.5. The van der Waals surface area contributed by atoms with E-state index >= 15 is 0 Å². The summed E-state index contributed by atoms with van der Waals surface area (Å²) in [5, 5.41) is 3.50. The van der Waals surface area contributed by atoms with Gasteiger partial charge in [0, 0.05) is 61.1 Å². The van der Waals surface area contributed by atoms with Gasteiger partial charge in [-0.2, -0.15) is 0 Å². The number of H-pyrrole nitrogens is 1. The van der Waals surface area contributed by atoms with Crippen LogP contribution < -0.4 is 5.32 Å². The van der Waals surface area contributed by atoms with E-state index in [1.807, 2.05) is 55.0 Å². The van der Waals surface area contributed by atoms with Crippen molar-refractivity contribution in [2.24, 2.45) is 0 Å². The molecule has 4 aromatic rings. The molecule has 6 nitrogen and oxygen atoms in total. The lowest BCUT2D eigenvalue weighted by Crippen LogP contribution is -2.39. The second kappa shape index (κ2) is 9.10. The second-order valence-corrected chi connectivity index (χ2v) is 7.98. The summed E-state index contributed by atoms with van der Waals surface area (Å²) >= 11 is 0. The largest absolute Gasteiger partial charge is 0.351 e. The molecule has 1 fully saturated rings. The molecule has 0 unspecified atom stereocenters. The Morgan fingerprint density at radius 1 is 0.774 bits per heavy atom. The van der Waals surface area contributed by atoms with Crippen molar-refractivity contribution in [1.29, 1.82) is 0 Å². The van der Waals surface area contributed by atoms with Gasteiger partial charge in [0.2, 0.25) is 5.95 Å². The minimum absolute atomic E-state index is 0.403. The summed E-state index contributed by atoms with van der Waals surface area (Å²) < 4.78 is 0. The van der Waals surface area contributed by atoms with E-state index in [0.717, 1.165) is 60.7 Å². The smallest absolute Gasteiger partial charge is 0.222 e. The molecule has 0 amide bonds. The Balaban J connectivity index is 1.12. The van der Waals surface area contributed by atoms with E-state index < -0.39 is 0 Å². The lowest BCUT2D eigenvalue weighted by molar-refractivity contribution is 0.209. The number of imidazole rings is 1. The van der Waals surface area contributed by atoms with Crippen LogP contribution in [0, 0.1) is 0 Å². The van der Waals surface area contributed by atoms with E-state index in [4.69, 9.17) is 0 Å². The monoisotopic (exact) mass is 410 g/mol. The number of anilines is 1. The van der Waals surface area contributed by atoms with Crippen LogP contribution in [0.25, 0.3) is 22.5 Å². The molecule has 1 saturated heterocycles. The van der Waals surface area contributed by atoms with Crippen molar-refractivity contribution in [1.82, 2.24) is 24.8 Å². The number of hydrogen-bond acceptors (Lipinski definition) is 5. The van der Waals surface area contributed by atoms with E-state index in [2.05, 4.69) is 54.4 Å². The molecule has 2 aromatic carbocycles. The van der Waals surface area contributed by atoms with E-state index in [1.165, 1.54) is 0 Å². The number of piperidine rings is 1. The first-order chi connectivity index (χ1) is 15.3. The zero-order valence-corrected chi connectivity index (χ0v) is 17.4. The fourth-order valence-electron chi connectivity index (χ4n) is 4.02. The minimum Gasteiger partial charge on any atom is -0.351 e. The van der Waals surface area contributed by atoms with Crippen molar-refractivity contribution in [3.63, 3.8) is 0 Å². The summed E-state index contributed by atoms with van der Waals surface area (Å²) in [7, 11) is 0. The Hall–Kier alpha value is -3.51. The minimum atomic E-state index is 0.403. The number of aromatic nitrogens is 4. The van der Waals surface area contributed by atoms with Crippen LogP contribution in [0.15, 0.2) is 79.3 Å². The van der Waals surface area contributed by atoms with Crippen LogP contribution in [0.1, 0.15) is 18.5 Å². The molecular formula is C25H26N6. The van der Waals surface area contributed by atoms with Crippen molar-refractivity contribution in [2.45, 2.75) is 25.4 Å². The standard InChI is InChI=1S/C25H26N6/c1-3-7-19(8-4-1)21-15-27-25(28-16-21)30-22-11-13-31(14-12-22)18-23-17-26-24(29-23)20-9-5-2-6-10-20/h1-10,15-17,22H,11-14,18H2,(H,26,29)(H,27,28,30).